The fourth-order valence-electron chi connectivity index (χ4n) is 3.64. The average Bonchev–Trinajstić information content (AvgIpc) is 2.87. The molecule has 2 nitrogen and oxygen atoms in total. The Labute approximate surface area is 103 Å². The van der Waals surface area contributed by atoms with E-state index < -0.39 is 0 Å². The summed E-state index contributed by atoms with van der Waals surface area (Å²) in [4.78, 5) is 2.58. The Kier molecular flexibility index (Phi) is 3.17. The topological polar surface area (TPSA) is 23.5 Å². The summed E-state index contributed by atoms with van der Waals surface area (Å²) in [7, 11) is 0. The lowest BCUT2D eigenvalue weighted by Gasteiger charge is -2.18. The Morgan fingerprint density at radius 2 is 1.71 bits per heavy atom. The molecule has 1 aliphatic heterocycles. The molecule has 92 valence electrons. The minimum atomic E-state index is 0.395. The SMILES string of the molecule is OCC1CC2CN(Cc3ccccc3)CC2C1. The summed E-state index contributed by atoms with van der Waals surface area (Å²) in [6.45, 7) is 3.95. The Hall–Kier alpha value is -0.860. The van der Waals surface area contributed by atoms with Crippen molar-refractivity contribution in [3.05, 3.63) is 35.9 Å². The van der Waals surface area contributed by atoms with Crippen LogP contribution in [0.5, 0.6) is 0 Å². The molecule has 2 aliphatic rings. The smallest absolute Gasteiger partial charge is 0.0459 e. The monoisotopic (exact) mass is 231 g/mol. The van der Waals surface area contributed by atoms with Crippen molar-refractivity contribution in [3.8, 4) is 0 Å². The van der Waals surface area contributed by atoms with Gasteiger partial charge in [-0.3, -0.25) is 4.90 Å². The summed E-state index contributed by atoms with van der Waals surface area (Å²) >= 11 is 0. The quantitative estimate of drug-likeness (QED) is 0.861. The Balaban J connectivity index is 1.56. The van der Waals surface area contributed by atoms with Gasteiger partial charge in [-0.1, -0.05) is 30.3 Å². The van der Waals surface area contributed by atoms with E-state index in [2.05, 4.69) is 35.2 Å². The molecule has 1 N–H and O–H groups in total. The number of fused-ring (bicyclic) bond motifs is 1. The fourth-order valence-corrected chi connectivity index (χ4v) is 3.64. The van der Waals surface area contributed by atoms with Crippen molar-refractivity contribution in [1.29, 1.82) is 0 Å². The second kappa shape index (κ2) is 4.79. The van der Waals surface area contributed by atoms with E-state index in [0.29, 0.717) is 12.5 Å². The maximum Gasteiger partial charge on any atom is 0.0459 e. The maximum absolute atomic E-state index is 9.21. The second-order valence-electron chi connectivity index (χ2n) is 5.72. The van der Waals surface area contributed by atoms with Crippen LogP contribution in [0.4, 0.5) is 0 Å². The number of aliphatic hydroxyl groups excluding tert-OH is 1. The van der Waals surface area contributed by atoms with Gasteiger partial charge in [0.25, 0.3) is 0 Å². The zero-order chi connectivity index (χ0) is 11.7. The number of hydrogen-bond acceptors (Lipinski definition) is 2. The first kappa shape index (κ1) is 11.2. The Morgan fingerprint density at radius 1 is 1.06 bits per heavy atom. The van der Waals surface area contributed by atoms with Crippen molar-refractivity contribution in [2.45, 2.75) is 19.4 Å². The zero-order valence-corrected chi connectivity index (χ0v) is 10.3. The van der Waals surface area contributed by atoms with Crippen LogP contribution in [0.1, 0.15) is 18.4 Å². The molecule has 3 rings (SSSR count). The Bertz CT molecular complexity index is 350. The van der Waals surface area contributed by atoms with Crippen molar-refractivity contribution in [2.24, 2.45) is 17.8 Å². The summed E-state index contributed by atoms with van der Waals surface area (Å²) < 4.78 is 0. The van der Waals surface area contributed by atoms with Gasteiger partial charge in [0.15, 0.2) is 0 Å². The van der Waals surface area contributed by atoms with Gasteiger partial charge in [-0.2, -0.15) is 0 Å². The summed E-state index contributed by atoms with van der Waals surface area (Å²) in [6.07, 6.45) is 2.49. The van der Waals surface area contributed by atoms with Crippen molar-refractivity contribution < 1.29 is 5.11 Å². The van der Waals surface area contributed by atoms with Gasteiger partial charge in [0.05, 0.1) is 0 Å². The molecule has 2 atom stereocenters. The molecule has 2 unspecified atom stereocenters. The third-order valence-electron chi connectivity index (χ3n) is 4.43. The first-order valence-corrected chi connectivity index (χ1v) is 6.72. The van der Waals surface area contributed by atoms with Crippen LogP contribution in [0.25, 0.3) is 0 Å². The van der Waals surface area contributed by atoms with E-state index in [0.717, 1.165) is 18.4 Å². The molecule has 2 fully saturated rings. The summed E-state index contributed by atoms with van der Waals surface area (Å²) in [6, 6.07) is 10.7. The molecule has 1 saturated carbocycles. The number of benzene rings is 1. The molecular weight excluding hydrogens is 210 g/mol. The van der Waals surface area contributed by atoms with Gasteiger partial charge in [-0.15, -0.1) is 0 Å². The molecule has 0 bridgehead atoms. The molecule has 1 aromatic carbocycles. The molecule has 1 aromatic rings. The van der Waals surface area contributed by atoms with Crippen molar-refractivity contribution in [3.63, 3.8) is 0 Å². The largest absolute Gasteiger partial charge is 0.396 e. The molecule has 17 heavy (non-hydrogen) atoms. The molecule has 1 heterocycles. The number of hydrogen-bond donors (Lipinski definition) is 1. The highest BCUT2D eigenvalue weighted by atomic mass is 16.3. The molecule has 0 radical (unpaired) electrons. The summed E-state index contributed by atoms with van der Waals surface area (Å²) in [5, 5.41) is 9.21. The van der Waals surface area contributed by atoms with Crippen LogP contribution in [0.15, 0.2) is 30.3 Å². The van der Waals surface area contributed by atoms with Crippen LogP contribution in [-0.2, 0) is 6.54 Å². The van der Waals surface area contributed by atoms with Crippen molar-refractivity contribution in [1.82, 2.24) is 4.90 Å². The van der Waals surface area contributed by atoms with Gasteiger partial charge >= 0.3 is 0 Å². The number of rotatable bonds is 3. The van der Waals surface area contributed by atoms with E-state index >= 15 is 0 Å². The van der Waals surface area contributed by atoms with E-state index in [1.54, 1.807) is 0 Å². The van der Waals surface area contributed by atoms with E-state index in [4.69, 9.17) is 0 Å². The first-order chi connectivity index (χ1) is 8.35. The minimum Gasteiger partial charge on any atom is -0.396 e. The van der Waals surface area contributed by atoms with Crippen molar-refractivity contribution in [2.75, 3.05) is 19.7 Å². The number of aliphatic hydroxyl groups is 1. The molecular formula is C15H21NO. The van der Waals surface area contributed by atoms with E-state index in [-0.39, 0.29) is 0 Å². The number of nitrogens with zero attached hydrogens (tertiary/aromatic N) is 1. The third kappa shape index (κ3) is 2.38. The lowest BCUT2D eigenvalue weighted by atomic mass is 10.0. The first-order valence-electron chi connectivity index (χ1n) is 6.72. The van der Waals surface area contributed by atoms with E-state index in [9.17, 15) is 5.11 Å². The average molecular weight is 231 g/mol. The van der Waals surface area contributed by atoms with Crippen LogP contribution < -0.4 is 0 Å². The van der Waals surface area contributed by atoms with Crippen LogP contribution >= 0.6 is 0 Å². The van der Waals surface area contributed by atoms with Crippen molar-refractivity contribution >= 4 is 0 Å². The van der Waals surface area contributed by atoms with E-state index in [1.165, 1.54) is 31.5 Å². The predicted octanol–water partition coefficient (Wildman–Crippen LogP) is 2.14. The van der Waals surface area contributed by atoms with Crippen LogP contribution in [0.2, 0.25) is 0 Å². The number of likely N-dealkylation sites (tertiary alicyclic amines) is 1. The standard InChI is InChI=1S/C15H21NO/c17-11-13-6-14-9-16(10-15(14)7-13)8-12-4-2-1-3-5-12/h1-5,13-15,17H,6-11H2. The van der Waals surface area contributed by atoms with Crippen LogP contribution in [0.3, 0.4) is 0 Å². The highest BCUT2D eigenvalue weighted by Gasteiger charge is 2.40. The zero-order valence-electron chi connectivity index (χ0n) is 10.3. The molecule has 1 aliphatic carbocycles. The molecule has 1 saturated heterocycles. The van der Waals surface area contributed by atoms with Crippen LogP contribution in [-0.4, -0.2) is 29.7 Å². The van der Waals surface area contributed by atoms with Crippen LogP contribution in [0, 0.1) is 17.8 Å². The normalized spacial score (nSPS) is 32.9. The molecule has 0 spiro atoms. The van der Waals surface area contributed by atoms with Gasteiger partial charge in [0.2, 0.25) is 0 Å². The predicted molar refractivity (Wildman–Crippen MR) is 68.5 cm³/mol. The van der Waals surface area contributed by atoms with Gasteiger partial charge in [0, 0.05) is 26.2 Å². The highest BCUT2D eigenvalue weighted by molar-refractivity contribution is 5.14. The molecule has 0 amide bonds. The third-order valence-corrected chi connectivity index (χ3v) is 4.43. The summed E-state index contributed by atoms with van der Waals surface area (Å²) in [5.74, 6) is 2.27. The maximum atomic E-state index is 9.21. The van der Waals surface area contributed by atoms with Gasteiger partial charge in [-0.05, 0) is 36.2 Å². The van der Waals surface area contributed by atoms with Gasteiger partial charge < -0.3 is 5.11 Å². The summed E-state index contributed by atoms with van der Waals surface area (Å²) in [5.41, 5.74) is 1.42. The lowest BCUT2D eigenvalue weighted by molar-refractivity contribution is 0.209. The Morgan fingerprint density at radius 3 is 2.29 bits per heavy atom. The van der Waals surface area contributed by atoms with Gasteiger partial charge in [0.1, 0.15) is 0 Å². The lowest BCUT2D eigenvalue weighted by Crippen LogP contribution is -2.22. The molecule has 2 heteroatoms. The highest BCUT2D eigenvalue weighted by Crippen LogP contribution is 2.41. The van der Waals surface area contributed by atoms with Gasteiger partial charge in [-0.25, -0.2) is 0 Å². The minimum absolute atomic E-state index is 0.395. The molecule has 0 aromatic heterocycles. The second-order valence-corrected chi connectivity index (χ2v) is 5.72. The van der Waals surface area contributed by atoms with E-state index in [1.807, 2.05) is 0 Å². The fraction of sp³-hybridized carbons (Fsp3) is 0.600.